The lowest BCUT2D eigenvalue weighted by Crippen LogP contribution is -2.45. The second-order valence-electron chi connectivity index (χ2n) is 14.8. The number of amides is 1. The van der Waals surface area contributed by atoms with Crippen LogP contribution in [0.5, 0.6) is 0 Å². The Morgan fingerprint density at radius 2 is 0.840 bits per heavy atom. The molecule has 3 N–H and O–H groups in total. The van der Waals surface area contributed by atoms with Crippen molar-refractivity contribution in [2.75, 3.05) is 6.61 Å². The third kappa shape index (κ3) is 37.6. The van der Waals surface area contributed by atoms with Gasteiger partial charge >= 0.3 is 0 Å². The molecule has 292 valence electrons. The minimum Gasteiger partial charge on any atom is -0.394 e. The van der Waals surface area contributed by atoms with Crippen molar-refractivity contribution in [1.82, 2.24) is 5.32 Å². The fraction of sp³-hybridized carbons (Fsp3) is 0.804. The highest BCUT2D eigenvalue weighted by Crippen LogP contribution is 2.14. The molecular formula is C46H85NO3. The summed E-state index contributed by atoms with van der Waals surface area (Å²) in [7, 11) is 0. The second kappa shape index (κ2) is 41.8. The van der Waals surface area contributed by atoms with Gasteiger partial charge in [0, 0.05) is 6.42 Å². The molecule has 0 aromatic carbocycles. The summed E-state index contributed by atoms with van der Waals surface area (Å²) in [6, 6.07) is -0.641. The van der Waals surface area contributed by atoms with Gasteiger partial charge in [-0.1, -0.05) is 197 Å². The summed E-state index contributed by atoms with van der Waals surface area (Å²) >= 11 is 0. The first kappa shape index (κ1) is 48.3. The van der Waals surface area contributed by atoms with Crippen LogP contribution in [-0.4, -0.2) is 34.9 Å². The van der Waals surface area contributed by atoms with Gasteiger partial charge in [0.2, 0.25) is 5.91 Å². The van der Waals surface area contributed by atoms with Gasteiger partial charge in [0.05, 0.1) is 18.8 Å². The highest BCUT2D eigenvalue weighted by Gasteiger charge is 2.17. The third-order valence-electron chi connectivity index (χ3n) is 9.78. The standard InChI is InChI=1S/C46H85NO3/c1-3-5-7-9-11-13-15-17-19-21-22-23-24-26-28-30-32-34-36-38-40-42-46(50)47-44(43-48)45(49)41-39-37-35-33-31-29-27-25-20-18-16-14-12-10-8-6-4-2/h15,17,21-22,31,33,39,41,44-45,48-49H,3-14,16,18-20,23-30,32,34-38,40,42-43H2,1-2H3,(H,47,50)/b17-15-,22-21-,33-31+,41-39+. The molecule has 0 rings (SSSR count). The van der Waals surface area contributed by atoms with Crippen molar-refractivity contribution in [2.45, 2.75) is 231 Å². The second-order valence-corrected chi connectivity index (χ2v) is 14.8. The predicted octanol–water partition coefficient (Wildman–Crippen LogP) is 13.6. The van der Waals surface area contributed by atoms with Gasteiger partial charge in [-0.25, -0.2) is 0 Å². The van der Waals surface area contributed by atoms with Gasteiger partial charge in [0.25, 0.3) is 0 Å². The van der Waals surface area contributed by atoms with E-state index in [-0.39, 0.29) is 12.5 Å². The fourth-order valence-corrected chi connectivity index (χ4v) is 6.40. The van der Waals surface area contributed by atoms with Crippen molar-refractivity contribution in [3.63, 3.8) is 0 Å². The summed E-state index contributed by atoms with van der Waals surface area (Å²) in [6.45, 7) is 4.28. The molecule has 0 bridgehead atoms. The Morgan fingerprint density at radius 3 is 1.28 bits per heavy atom. The number of allylic oxidation sites excluding steroid dienone is 7. The lowest BCUT2D eigenvalue weighted by atomic mass is 10.0. The number of hydrogen-bond donors (Lipinski definition) is 3. The maximum atomic E-state index is 12.4. The van der Waals surface area contributed by atoms with Crippen LogP contribution in [0.4, 0.5) is 0 Å². The predicted molar refractivity (Wildman–Crippen MR) is 221 cm³/mol. The average molecular weight is 700 g/mol. The zero-order valence-electron chi connectivity index (χ0n) is 33.4. The van der Waals surface area contributed by atoms with Gasteiger partial charge < -0.3 is 15.5 Å². The Hall–Kier alpha value is -1.65. The number of hydrogen-bond acceptors (Lipinski definition) is 3. The number of carbonyl (C=O) groups excluding carboxylic acids is 1. The van der Waals surface area contributed by atoms with E-state index in [2.05, 4.69) is 55.6 Å². The van der Waals surface area contributed by atoms with Crippen LogP contribution < -0.4 is 5.32 Å². The van der Waals surface area contributed by atoms with E-state index < -0.39 is 12.1 Å². The summed E-state index contributed by atoms with van der Waals surface area (Å²) in [5, 5.41) is 23.0. The molecule has 0 fully saturated rings. The van der Waals surface area contributed by atoms with E-state index in [1.807, 2.05) is 6.08 Å². The van der Waals surface area contributed by atoms with E-state index in [1.54, 1.807) is 6.08 Å². The molecule has 50 heavy (non-hydrogen) atoms. The molecule has 0 heterocycles. The number of unbranched alkanes of at least 4 members (excludes halogenated alkanes) is 26. The molecule has 0 aromatic heterocycles. The molecular weight excluding hydrogens is 615 g/mol. The largest absolute Gasteiger partial charge is 0.394 e. The van der Waals surface area contributed by atoms with Gasteiger partial charge in [-0.15, -0.1) is 0 Å². The van der Waals surface area contributed by atoms with Crippen molar-refractivity contribution in [3.05, 3.63) is 48.6 Å². The van der Waals surface area contributed by atoms with Crippen molar-refractivity contribution in [1.29, 1.82) is 0 Å². The first-order valence-corrected chi connectivity index (χ1v) is 21.9. The highest BCUT2D eigenvalue weighted by molar-refractivity contribution is 5.76. The molecule has 4 heteroatoms. The molecule has 2 atom stereocenters. The van der Waals surface area contributed by atoms with Crippen LogP contribution in [0.2, 0.25) is 0 Å². The summed E-state index contributed by atoms with van der Waals surface area (Å²) in [4.78, 5) is 12.4. The minimum atomic E-state index is -0.864. The van der Waals surface area contributed by atoms with Gasteiger partial charge in [-0.2, -0.15) is 0 Å². The van der Waals surface area contributed by atoms with Crippen molar-refractivity contribution in [3.8, 4) is 0 Å². The van der Waals surface area contributed by atoms with Crippen molar-refractivity contribution >= 4 is 5.91 Å². The van der Waals surface area contributed by atoms with Crippen LogP contribution in [0.3, 0.4) is 0 Å². The Morgan fingerprint density at radius 1 is 0.480 bits per heavy atom. The van der Waals surface area contributed by atoms with Gasteiger partial charge in [-0.05, 0) is 64.2 Å². The molecule has 0 aliphatic carbocycles. The Balaban J connectivity index is 3.63. The molecule has 0 aliphatic rings. The SMILES string of the molecule is CCCCCCC/C=C\C/C=C\CCCCCCCCCCCC(=O)NC(CO)C(O)/C=C/CC/C=C/CCCCCCCCCCCCC. The monoisotopic (exact) mass is 700 g/mol. The fourth-order valence-electron chi connectivity index (χ4n) is 6.40. The van der Waals surface area contributed by atoms with Gasteiger partial charge in [0.15, 0.2) is 0 Å². The van der Waals surface area contributed by atoms with E-state index in [0.717, 1.165) is 38.5 Å². The van der Waals surface area contributed by atoms with Crippen molar-refractivity contribution < 1.29 is 15.0 Å². The van der Waals surface area contributed by atoms with E-state index >= 15 is 0 Å². The number of aliphatic hydroxyl groups excluding tert-OH is 2. The van der Waals surface area contributed by atoms with Crippen LogP contribution in [0.1, 0.15) is 219 Å². The van der Waals surface area contributed by atoms with Gasteiger partial charge in [0.1, 0.15) is 0 Å². The van der Waals surface area contributed by atoms with E-state index in [9.17, 15) is 15.0 Å². The van der Waals surface area contributed by atoms with E-state index in [4.69, 9.17) is 0 Å². The van der Waals surface area contributed by atoms with Gasteiger partial charge in [-0.3, -0.25) is 4.79 Å². The quantitative estimate of drug-likeness (QED) is 0.0442. The summed E-state index contributed by atoms with van der Waals surface area (Å²) in [6.07, 6.45) is 56.4. The molecule has 1 amide bonds. The number of nitrogens with one attached hydrogen (secondary N) is 1. The van der Waals surface area contributed by atoms with Crippen LogP contribution in [-0.2, 0) is 4.79 Å². The van der Waals surface area contributed by atoms with Crippen LogP contribution in [0, 0.1) is 0 Å². The molecule has 0 saturated carbocycles. The molecule has 0 aliphatic heterocycles. The number of aliphatic hydroxyl groups is 2. The maximum absolute atomic E-state index is 12.4. The van der Waals surface area contributed by atoms with Crippen LogP contribution in [0.25, 0.3) is 0 Å². The lowest BCUT2D eigenvalue weighted by Gasteiger charge is -2.19. The zero-order chi connectivity index (χ0) is 36.4. The maximum Gasteiger partial charge on any atom is 0.220 e. The zero-order valence-corrected chi connectivity index (χ0v) is 33.4. The van der Waals surface area contributed by atoms with Crippen molar-refractivity contribution in [2.24, 2.45) is 0 Å². The number of carbonyl (C=O) groups is 1. The lowest BCUT2D eigenvalue weighted by molar-refractivity contribution is -0.123. The minimum absolute atomic E-state index is 0.0790. The normalized spacial score (nSPS) is 13.4. The average Bonchev–Trinajstić information content (AvgIpc) is 3.12. The molecule has 4 nitrogen and oxygen atoms in total. The highest BCUT2D eigenvalue weighted by atomic mass is 16.3. The van der Waals surface area contributed by atoms with Crippen LogP contribution in [0.15, 0.2) is 48.6 Å². The Bertz CT molecular complexity index is 801. The molecule has 0 aromatic rings. The first-order valence-electron chi connectivity index (χ1n) is 21.9. The summed E-state index contributed by atoms with van der Waals surface area (Å²) in [5.74, 6) is -0.0790. The Kier molecular flexibility index (Phi) is 40.4. The molecule has 0 spiro atoms. The van der Waals surface area contributed by atoms with E-state index in [1.165, 1.54) is 161 Å². The number of rotatable bonds is 39. The molecule has 2 unspecified atom stereocenters. The molecule has 0 saturated heterocycles. The molecule has 0 radical (unpaired) electrons. The van der Waals surface area contributed by atoms with Crippen LogP contribution >= 0.6 is 0 Å². The summed E-state index contributed by atoms with van der Waals surface area (Å²) < 4.78 is 0. The smallest absolute Gasteiger partial charge is 0.220 e. The summed E-state index contributed by atoms with van der Waals surface area (Å²) in [5.41, 5.74) is 0. The first-order chi connectivity index (χ1) is 24.7. The van der Waals surface area contributed by atoms with E-state index in [0.29, 0.717) is 6.42 Å². The topological polar surface area (TPSA) is 69.6 Å². The Labute approximate surface area is 312 Å². The third-order valence-corrected chi connectivity index (χ3v) is 9.78.